The number of aromatic nitrogens is 1. The molecular weight excluding hydrogens is 408 g/mol. The van der Waals surface area contributed by atoms with Crippen LogP contribution in [0, 0.1) is 27.9 Å². The van der Waals surface area contributed by atoms with E-state index in [0.29, 0.717) is 22.8 Å². The van der Waals surface area contributed by atoms with E-state index >= 15 is 0 Å². The van der Waals surface area contributed by atoms with Gasteiger partial charge in [-0.05, 0) is 61.3 Å². The second kappa shape index (κ2) is 6.34. The van der Waals surface area contributed by atoms with E-state index in [1.807, 2.05) is 23.9 Å². The van der Waals surface area contributed by atoms with Gasteiger partial charge in [-0.25, -0.2) is 0 Å². The number of aromatic amines is 1. The van der Waals surface area contributed by atoms with E-state index < -0.39 is 4.92 Å². The van der Waals surface area contributed by atoms with Crippen molar-refractivity contribution in [3.05, 3.63) is 66.8 Å². The topological polar surface area (TPSA) is 89.1 Å². The number of thioether (sulfide) groups is 1. The quantitative estimate of drug-likeness (QED) is 0.456. The first-order chi connectivity index (χ1) is 14.1. The molecule has 1 aliphatic heterocycles. The predicted octanol–water partition coefficient (Wildman–Crippen LogP) is 5.26. The Morgan fingerprint density at radius 1 is 1.10 bits per heavy atom. The lowest BCUT2D eigenvalue weighted by atomic mass is 9.77. The maximum atomic E-state index is 12.1. The summed E-state index contributed by atoms with van der Waals surface area (Å²) in [4.78, 5) is 26.8. The van der Waals surface area contributed by atoms with E-state index in [2.05, 4.69) is 4.98 Å². The number of fused-ring (bicyclic) bond motifs is 6. The molecule has 2 saturated carbocycles. The molecular formula is C21H18N2O4S2. The normalized spacial score (nSPS) is 29.6. The van der Waals surface area contributed by atoms with Crippen molar-refractivity contribution < 1.29 is 9.34 Å². The Morgan fingerprint density at radius 2 is 1.90 bits per heavy atom. The fraction of sp³-hybridized carbons (Fsp3) is 0.381. The van der Waals surface area contributed by atoms with Gasteiger partial charge in [0, 0.05) is 22.9 Å². The number of H-pyrrole nitrogens is 1. The third-order valence-corrected chi connectivity index (χ3v) is 9.38. The van der Waals surface area contributed by atoms with Gasteiger partial charge in [0.15, 0.2) is 0 Å². The van der Waals surface area contributed by atoms with Crippen molar-refractivity contribution in [2.45, 2.75) is 35.5 Å². The average molecular weight is 427 g/mol. The summed E-state index contributed by atoms with van der Waals surface area (Å²) >= 11 is 3.18. The molecule has 29 heavy (non-hydrogen) atoms. The van der Waals surface area contributed by atoms with E-state index in [4.69, 9.17) is 4.42 Å². The molecule has 5 atom stereocenters. The second-order valence-corrected chi connectivity index (χ2v) is 10.4. The van der Waals surface area contributed by atoms with Crippen LogP contribution in [-0.2, 0) is 0 Å². The fourth-order valence-corrected chi connectivity index (χ4v) is 8.46. The van der Waals surface area contributed by atoms with Crippen LogP contribution in [0.3, 0.4) is 0 Å². The highest BCUT2D eigenvalue weighted by Gasteiger charge is 2.55. The summed E-state index contributed by atoms with van der Waals surface area (Å²) in [7, 11) is 0. The number of nitro benzene ring substituents is 1. The zero-order valence-corrected chi connectivity index (χ0v) is 17.0. The molecule has 6 nitrogen and oxygen atoms in total. The molecule has 0 spiro atoms. The molecule has 0 unspecified atom stereocenters. The van der Waals surface area contributed by atoms with Crippen molar-refractivity contribution in [2.24, 2.45) is 17.8 Å². The van der Waals surface area contributed by atoms with Crippen LogP contribution < -0.4 is 4.87 Å². The summed E-state index contributed by atoms with van der Waals surface area (Å²) in [5.74, 6) is 3.66. The Hall–Kier alpha value is -2.32. The average Bonchev–Trinajstić information content (AvgIpc) is 3.49. The number of furan rings is 1. The molecule has 2 aliphatic carbocycles. The van der Waals surface area contributed by atoms with Crippen LogP contribution in [0.25, 0.3) is 11.3 Å². The molecule has 0 amide bonds. The van der Waals surface area contributed by atoms with Gasteiger partial charge in [0.2, 0.25) is 0 Å². The van der Waals surface area contributed by atoms with Gasteiger partial charge < -0.3 is 9.40 Å². The number of nitrogens with one attached hydrogen (secondary N) is 1. The summed E-state index contributed by atoms with van der Waals surface area (Å²) in [6, 6.07) is 10.4. The monoisotopic (exact) mass is 426 g/mol. The highest BCUT2D eigenvalue weighted by molar-refractivity contribution is 8.00. The van der Waals surface area contributed by atoms with Crippen molar-refractivity contribution in [3.63, 3.8) is 0 Å². The predicted molar refractivity (Wildman–Crippen MR) is 112 cm³/mol. The lowest BCUT2D eigenvalue weighted by Crippen LogP contribution is -2.33. The summed E-state index contributed by atoms with van der Waals surface area (Å²) in [5, 5.41) is 12.5. The molecule has 0 radical (unpaired) electrons. The number of non-ortho nitro benzene ring substituents is 1. The minimum Gasteiger partial charge on any atom is -0.460 e. The van der Waals surface area contributed by atoms with E-state index in [9.17, 15) is 14.9 Å². The first-order valence-electron chi connectivity index (χ1n) is 9.82. The first kappa shape index (κ1) is 17.5. The van der Waals surface area contributed by atoms with Gasteiger partial charge in [-0.1, -0.05) is 11.3 Å². The summed E-state index contributed by atoms with van der Waals surface area (Å²) < 4.78 is 6.30. The fourth-order valence-electron chi connectivity index (χ4n) is 5.59. The number of thiazole rings is 1. The van der Waals surface area contributed by atoms with Crippen LogP contribution in [0.15, 0.2) is 50.6 Å². The standard InChI is InChI=1S/C21H18N2O4S2/c24-21-22-20-19(29-21)17(16-11-1-2-12(9-11)18(16)28-20)15-8-7-14(27-15)10-3-5-13(6-4-10)23(25)26/h3-8,11-12,16-18H,1-2,9H2,(H,22,24)/t11-,12+,16+,17-,18-/m0/s1. The number of nitrogens with zero attached hydrogens (tertiary/aromatic N) is 1. The van der Waals surface area contributed by atoms with Crippen LogP contribution in [0.4, 0.5) is 5.69 Å². The van der Waals surface area contributed by atoms with Gasteiger partial charge in [-0.15, -0.1) is 11.8 Å². The van der Waals surface area contributed by atoms with E-state index in [-0.39, 0.29) is 16.5 Å². The van der Waals surface area contributed by atoms with Crippen LogP contribution in [0.1, 0.15) is 35.8 Å². The second-order valence-electron chi connectivity index (χ2n) is 8.18. The van der Waals surface area contributed by atoms with Crippen molar-refractivity contribution in [1.29, 1.82) is 0 Å². The smallest absolute Gasteiger partial charge is 0.305 e. The molecule has 2 fully saturated rings. The van der Waals surface area contributed by atoms with Gasteiger partial charge in [-0.2, -0.15) is 0 Å². The maximum absolute atomic E-state index is 12.1. The molecule has 0 saturated heterocycles. The Balaban J connectivity index is 1.41. The minimum absolute atomic E-state index is 0.00182. The number of benzene rings is 1. The van der Waals surface area contributed by atoms with E-state index in [0.717, 1.165) is 27.1 Å². The van der Waals surface area contributed by atoms with Gasteiger partial charge in [0.25, 0.3) is 5.69 Å². The van der Waals surface area contributed by atoms with Gasteiger partial charge in [0.1, 0.15) is 11.5 Å². The summed E-state index contributed by atoms with van der Waals surface area (Å²) in [5.41, 5.74) is 0.885. The number of hydrogen-bond donors (Lipinski definition) is 1. The Kier molecular flexibility index (Phi) is 3.83. The zero-order chi connectivity index (χ0) is 19.7. The molecule has 1 aromatic carbocycles. The summed E-state index contributed by atoms with van der Waals surface area (Å²) in [6.07, 6.45) is 3.85. The lowest BCUT2D eigenvalue weighted by Gasteiger charge is -2.38. The molecule has 3 aliphatic rings. The Morgan fingerprint density at radius 3 is 2.69 bits per heavy atom. The van der Waals surface area contributed by atoms with Crippen molar-refractivity contribution in [3.8, 4) is 11.3 Å². The van der Waals surface area contributed by atoms with E-state index in [1.165, 1.54) is 42.7 Å². The molecule has 8 heteroatoms. The molecule has 1 N–H and O–H groups in total. The van der Waals surface area contributed by atoms with Crippen LogP contribution in [-0.4, -0.2) is 15.2 Å². The van der Waals surface area contributed by atoms with Crippen LogP contribution >= 0.6 is 23.1 Å². The SMILES string of the molecule is O=c1[nH]c2c(s1)[C@@H](c1ccc(-c3ccc([N+](=O)[O-])cc3)o1)[C@H]1[C@H]3CC[C@H](C3)[C@@H]1S2. The third kappa shape index (κ3) is 2.65. The molecule has 6 rings (SSSR count). The molecule has 2 aromatic heterocycles. The van der Waals surface area contributed by atoms with Gasteiger partial charge in [0.05, 0.1) is 20.7 Å². The number of hydrogen-bond acceptors (Lipinski definition) is 6. The largest absolute Gasteiger partial charge is 0.460 e. The molecule has 148 valence electrons. The zero-order valence-electron chi connectivity index (χ0n) is 15.4. The van der Waals surface area contributed by atoms with Crippen molar-refractivity contribution in [2.75, 3.05) is 0 Å². The lowest BCUT2D eigenvalue weighted by molar-refractivity contribution is -0.384. The van der Waals surface area contributed by atoms with Crippen molar-refractivity contribution >= 4 is 28.8 Å². The van der Waals surface area contributed by atoms with Crippen LogP contribution in [0.5, 0.6) is 0 Å². The number of rotatable bonds is 3. The van der Waals surface area contributed by atoms with Gasteiger partial charge in [-0.3, -0.25) is 14.9 Å². The first-order valence-corrected chi connectivity index (χ1v) is 11.5. The Bertz CT molecular complexity index is 1160. The maximum Gasteiger partial charge on any atom is 0.305 e. The summed E-state index contributed by atoms with van der Waals surface area (Å²) in [6.45, 7) is 0. The Labute approximate surface area is 174 Å². The van der Waals surface area contributed by atoms with Gasteiger partial charge >= 0.3 is 4.87 Å². The van der Waals surface area contributed by atoms with Crippen LogP contribution in [0.2, 0.25) is 0 Å². The molecule has 2 bridgehead atoms. The van der Waals surface area contributed by atoms with E-state index in [1.54, 1.807) is 12.1 Å². The third-order valence-electron chi connectivity index (χ3n) is 6.76. The minimum atomic E-state index is -0.401. The molecule has 3 aromatic rings. The van der Waals surface area contributed by atoms with Crippen molar-refractivity contribution in [1.82, 2.24) is 4.98 Å². The molecule has 3 heterocycles. The number of nitro groups is 1. The highest BCUT2D eigenvalue weighted by Crippen LogP contribution is 2.63. The highest BCUT2D eigenvalue weighted by atomic mass is 32.2.